The van der Waals surface area contributed by atoms with Crippen molar-refractivity contribution in [3.8, 4) is 0 Å². The van der Waals surface area contributed by atoms with Crippen LogP contribution in [-0.2, 0) is 9.53 Å². The number of hydrogen-bond donors (Lipinski definition) is 1. The molecule has 2 rings (SSSR count). The van der Waals surface area contributed by atoms with Crippen molar-refractivity contribution in [1.82, 2.24) is 10.2 Å². The molecule has 0 spiro atoms. The molecule has 0 saturated heterocycles. The van der Waals surface area contributed by atoms with Gasteiger partial charge in [0.2, 0.25) is 0 Å². The summed E-state index contributed by atoms with van der Waals surface area (Å²) in [4.78, 5) is 26.2. The minimum atomic E-state index is -0.523. The molecular formula is C16H19BrN2O3. The van der Waals surface area contributed by atoms with Crippen LogP contribution in [0.1, 0.15) is 32.4 Å². The van der Waals surface area contributed by atoms with Crippen molar-refractivity contribution in [3.05, 3.63) is 45.6 Å². The molecule has 5 nitrogen and oxygen atoms in total. The summed E-state index contributed by atoms with van der Waals surface area (Å²) in [6.45, 7) is 6.19. The van der Waals surface area contributed by atoms with E-state index in [2.05, 4.69) is 21.2 Å². The van der Waals surface area contributed by atoms with Crippen molar-refractivity contribution in [3.63, 3.8) is 0 Å². The van der Waals surface area contributed by atoms with Gasteiger partial charge in [-0.15, -0.1) is 0 Å². The van der Waals surface area contributed by atoms with Gasteiger partial charge in [0.05, 0.1) is 18.2 Å². The molecule has 0 bridgehead atoms. The molecule has 22 heavy (non-hydrogen) atoms. The molecular weight excluding hydrogens is 348 g/mol. The first-order valence-electron chi connectivity index (χ1n) is 7.21. The summed E-state index contributed by atoms with van der Waals surface area (Å²) >= 11 is 3.48. The van der Waals surface area contributed by atoms with Gasteiger partial charge in [0.25, 0.3) is 0 Å². The number of benzene rings is 1. The minimum Gasteiger partial charge on any atom is -0.463 e. The van der Waals surface area contributed by atoms with Crippen molar-refractivity contribution in [1.29, 1.82) is 0 Å². The largest absolute Gasteiger partial charge is 0.463 e. The lowest BCUT2D eigenvalue weighted by Gasteiger charge is -2.35. The Morgan fingerprint density at radius 2 is 2.05 bits per heavy atom. The Labute approximate surface area is 138 Å². The quantitative estimate of drug-likeness (QED) is 0.831. The maximum atomic E-state index is 12.4. The van der Waals surface area contributed by atoms with Gasteiger partial charge < -0.3 is 10.1 Å². The van der Waals surface area contributed by atoms with Gasteiger partial charge in [-0.1, -0.05) is 34.1 Å². The number of amides is 2. The van der Waals surface area contributed by atoms with Gasteiger partial charge in [-0.05, 0) is 32.4 Å². The van der Waals surface area contributed by atoms with Crippen molar-refractivity contribution >= 4 is 27.9 Å². The second-order valence-corrected chi connectivity index (χ2v) is 5.72. The topological polar surface area (TPSA) is 58.6 Å². The summed E-state index contributed by atoms with van der Waals surface area (Å²) in [6.07, 6.45) is 0. The van der Waals surface area contributed by atoms with Crippen molar-refractivity contribution in [2.24, 2.45) is 0 Å². The lowest BCUT2D eigenvalue weighted by molar-refractivity contribution is -0.139. The number of allylic oxidation sites excluding steroid dienone is 1. The highest BCUT2D eigenvalue weighted by Crippen LogP contribution is 2.34. The summed E-state index contributed by atoms with van der Waals surface area (Å²) in [6, 6.07) is 6.78. The zero-order valence-corrected chi connectivity index (χ0v) is 14.4. The van der Waals surface area contributed by atoms with Gasteiger partial charge in [-0.3, -0.25) is 4.90 Å². The van der Waals surface area contributed by atoms with E-state index >= 15 is 0 Å². The fraction of sp³-hybridized carbons (Fsp3) is 0.375. The standard InChI is InChI=1S/C16H19BrN2O3/c1-4-19-10(3)13(15(20)22-5-2)14(18-16(19)21)11-8-6-7-9-12(11)17/h6-9,14H,4-5H2,1-3H3,(H,18,21)/t14-/m1/s1. The second kappa shape index (κ2) is 6.96. The average molecular weight is 367 g/mol. The van der Waals surface area contributed by atoms with Crippen LogP contribution in [0.5, 0.6) is 0 Å². The number of nitrogens with zero attached hydrogens (tertiary/aromatic N) is 1. The van der Waals surface area contributed by atoms with Crippen molar-refractivity contribution < 1.29 is 14.3 Å². The number of carbonyl (C=O) groups excluding carboxylic acids is 2. The van der Waals surface area contributed by atoms with Gasteiger partial charge in [0.15, 0.2) is 0 Å². The van der Waals surface area contributed by atoms with Gasteiger partial charge in [-0.2, -0.15) is 0 Å². The predicted octanol–water partition coefficient (Wildman–Crippen LogP) is 3.37. The first kappa shape index (κ1) is 16.5. The lowest BCUT2D eigenvalue weighted by atomic mass is 9.95. The Balaban J connectivity index is 2.56. The molecule has 1 aromatic rings. The second-order valence-electron chi connectivity index (χ2n) is 4.87. The fourth-order valence-electron chi connectivity index (χ4n) is 2.58. The number of carbonyl (C=O) groups is 2. The molecule has 1 aliphatic heterocycles. The number of rotatable bonds is 4. The third-order valence-electron chi connectivity index (χ3n) is 3.62. The summed E-state index contributed by atoms with van der Waals surface area (Å²) < 4.78 is 6.01. The summed E-state index contributed by atoms with van der Waals surface area (Å²) in [5.41, 5.74) is 1.93. The van der Waals surface area contributed by atoms with Crippen LogP contribution >= 0.6 is 15.9 Å². The SMILES string of the molecule is CCOC(=O)C1=C(C)N(CC)C(=O)N[C@@H]1c1ccccc1Br. The van der Waals surface area contributed by atoms with E-state index in [9.17, 15) is 9.59 Å². The highest BCUT2D eigenvalue weighted by atomic mass is 79.9. The number of esters is 1. The Kier molecular flexibility index (Phi) is 5.24. The molecule has 1 heterocycles. The average Bonchev–Trinajstić information content (AvgIpc) is 2.47. The van der Waals surface area contributed by atoms with E-state index in [0.717, 1.165) is 10.0 Å². The molecule has 6 heteroatoms. The molecule has 0 radical (unpaired) electrons. The maximum Gasteiger partial charge on any atom is 0.338 e. The number of ether oxygens (including phenoxy) is 1. The third kappa shape index (κ3) is 3.02. The zero-order chi connectivity index (χ0) is 16.3. The molecule has 0 fully saturated rings. The van der Waals surface area contributed by atoms with E-state index < -0.39 is 12.0 Å². The summed E-state index contributed by atoms with van der Waals surface area (Å²) in [7, 11) is 0. The van der Waals surface area contributed by atoms with E-state index in [1.807, 2.05) is 31.2 Å². The summed E-state index contributed by atoms with van der Waals surface area (Å²) in [5.74, 6) is -0.404. The van der Waals surface area contributed by atoms with E-state index in [4.69, 9.17) is 4.74 Å². The van der Waals surface area contributed by atoms with E-state index in [1.54, 1.807) is 18.7 Å². The first-order chi connectivity index (χ1) is 10.5. The number of urea groups is 1. The smallest absolute Gasteiger partial charge is 0.338 e. The Morgan fingerprint density at radius 3 is 2.64 bits per heavy atom. The van der Waals surface area contributed by atoms with Crippen molar-refractivity contribution in [2.45, 2.75) is 26.8 Å². The van der Waals surface area contributed by atoms with E-state index in [1.165, 1.54) is 0 Å². The van der Waals surface area contributed by atoms with Crippen LogP contribution in [0.3, 0.4) is 0 Å². The Hall–Kier alpha value is -1.82. The molecule has 1 atom stereocenters. The molecule has 1 N–H and O–H groups in total. The highest BCUT2D eigenvalue weighted by molar-refractivity contribution is 9.10. The monoisotopic (exact) mass is 366 g/mol. The molecule has 118 valence electrons. The van der Waals surface area contributed by atoms with Gasteiger partial charge in [-0.25, -0.2) is 9.59 Å². The highest BCUT2D eigenvalue weighted by Gasteiger charge is 2.36. The predicted molar refractivity (Wildman–Crippen MR) is 87.1 cm³/mol. The lowest BCUT2D eigenvalue weighted by Crippen LogP contribution is -2.48. The van der Waals surface area contributed by atoms with E-state index in [0.29, 0.717) is 24.4 Å². The van der Waals surface area contributed by atoms with Gasteiger partial charge >= 0.3 is 12.0 Å². The molecule has 0 unspecified atom stereocenters. The first-order valence-corrected chi connectivity index (χ1v) is 8.00. The van der Waals surface area contributed by atoms with Crippen LogP contribution in [0.4, 0.5) is 4.79 Å². The molecule has 0 saturated carbocycles. The van der Waals surface area contributed by atoms with Gasteiger partial charge in [0.1, 0.15) is 0 Å². The maximum absolute atomic E-state index is 12.4. The van der Waals surface area contributed by atoms with Crippen LogP contribution in [0.2, 0.25) is 0 Å². The Bertz CT molecular complexity index is 628. The van der Waals surface area contributed by atoms with Crippen LogP contribution in [0, 0.1) is 0 Å². The van der Waals surface area contributed by atoms with Gasteiger partial charge in [0, 0.05) is 16.7 Å². The molecule has 1 aliphatic rings. The van der Waals surface area contributed by atoms with Crippen LogP contribution in [0.25, 0.3) is 0 Å². The third-order valence-corrected chi connectivity index (χ3v) is 4.35. The fourth-order valence-corrected chi connectivity index (χ4v) is 3.09. The molecule has 0 aliphatic carbocycles. The normalized spacial score (nSPS) is 18.3. The van der Waals surface area contributed by atoms with Crippen LogP contribution in [0.15, 0.2) is 40.0 Å². The number of hydrogen-bond acceptors (Lipinski definition) is 3. The molecule has 0 aromatic heterocycles. The minimum absolute atomic E-state index is 0.214. The van der Waals surface area contributed by atoms with E-state index in [-0.39, 0.29) is 6.03 Å². The van der Waals surface area contributed by atoms with Crippen LogP contribution < -0.4 is 5.32 Å². The Morgan fingerprint density at radius 1 is 1.36 bits per heavy atom. The summed E-state index contributed by atoms with van der Waals surface area (Å²) in [5, 5.41) is 2.89. The molecule has 1 aromatic carbocycles. The number of nitrogens with one attached hydrogen (secondary N) is 1. The molecule has 2 amide bonds. The zero-order valence-electron chi connectivity index (χ0n) is 12.9. The van der Waals surface area contributed by atoms with Crippen LogP contribution in [-0.4, -0.2) is 30.1 Å². The van der Waals surface area contributed by atoms with Crippen molar-refractivity contribution in [2.75, 3.05) is 13.2 Å². The number of halogens is 1.